The fraction of sp³-hybridized carbons (Fsp3) is 0.500. The van der Waals surface area contributed by atoms with E-state index in [2.05, 4.69) is 23.4 Å². The molecule has 70 valence electrons. The SMILES string of the molecule is C=NC(C=O)(N=C)C(=O)OC1CC1. The second kappa shape index (κ2) is 3.47. The lowest BCUT2D eigenvalue weighted by Gasteiger charge is -2.15. The Morgan fingerprint density at radius 1 is 1.46 bits per heavy atom. The minimum atomic E-state index is -1.86. The molecule has 0 spiro atoms. The molecule has 0 N–H and O–H groups in total. The van der Waals surface area contributed by atoms with E-state index in [9.17, 15) is 9.59 Å². The Hall–Kier alpha value is -1.52. The van der Waals surface area contributed by atoms with Crippen molar-refractivity contribution < 1.29 is 14.3 Å². The van der Waals surface area contributed by atoms with Crippen molar-refractivity contribution >= 4 is 25.7 Å². The highest BCUT2D eigenvalue weighted by molar-refractivity contribution is 5.99. The van der Waals surface area contributed by atoms with Crippen molar-refractivity contribution in [3.05, 3.63) is 0 Å². The van der Waals surface area contributed by atoms with E-state index >= 15 is 0 Å². The molecule has 0 atom stereocenters. The van der Waals surface area contributed by atoms with Gasteiger partial charge in [0.05, 0.1) is 0 Å². The first-order chi connectivity index (χ1) is 6.18. The first-order valence-corrected chi connectivity index (χ1v) is 3.81. The summed E-state index contributed by atoms with van der Waals surface area (Å²) in [5, 5.41) is 0. The summed E-state index contributed by atoms with van der Waals surface area (Å²) in [6.07, 6.45) is 1.84. The van der Waals surface area contributed by atoms with E-state index in [0.717, 1.165) is 12.8 Å². The van der Waals surface area contributed by atoms with Crippen LogP contribution in [0, 0.1) is 0 Å². The van der Waals surface area contributed by atoms with E-state index in [0.29, 0.717) is 0 Å². The second-order valence-corrected chi connectivity index (χ2v) is 2.76. The van der Waals surface area contributed by atoms with Crippen molar-refractivity contribution in [1.82, 2.24) is 0 Å². The maximum Gasteiger partial charge on any atom is 0.364 e. The van der Waals surface area contributed by atoms with Gasteiger partial charge >= 0.3 is 11.6 Å². The molecule has 0 unspecified atom stereocenters. The molecule has 1 aliphatic rings. The van der Waals surface area contributed by atoms with Crippen molar-refractivity contribution in [1.29, 1.82) is 0 Å². The summed E-state index contributed by atoms with van der Waals surface area (Å²) < 4.78 is 4.86. The van der Waals surface area contributed by atoms with Crippen LogP contribution in [0.4, 0.5) is 0 Å². The molecule has 0 aromatic carbocycles. The number of aldehydes is 1. The summed E-state index contributed by atoms with van der Waals surface area (Å²) in [5.74, 6) is -0.796. The predicted octanol–water partition coefficient (Wildman–Crippen LogP) is -0.0116. The Morgan fingerprint density at radius 3 is 2.31 bits per heavy atom. The number of nitrogens with zero attached hydrogens (tertiary/aromatic N) is 2. The van der Waals surface area contributed by atoms with Crippen LogP contribution >= 0.6 is 0 Å². The third kappa shape index (κ3) is 1.80. The number of aliphatic imine (C=N–C) groups is 2. The fourth-order valence-electron chi connectivity index (χ4n) is 0.726. The van der Waals surface area contributed by atoms with Gasteiger partial charge in [-0.1, -0.05) is 0 Å². The predicted molar refractivity (Wildman–Crippen MR) is 47.0 cm³/mol. The molecule has 0 amide bonds. The Morgan fingerprint density at radius 2 is 2.00 bits per heavy atom. The topological polar surface area (TPSA) is 68.1 Å². The van der Waals surface area contributed by atoms with E-state index < -0.39 is 11.6 Å². The summed E-state index contributed by atoms with van der Waals surface area (Å²) in [6.45, 7) is 6.22. The van der Waals surface area contributed by atoms with Gasteiger partial charge in [-0.3, -0.25) is 14.8 Å². The number of hydrogen-bond acceptors (Lipinski definition) is 5. The van der Waals surface area contributed by atoms with Gasteiger partial charge in [-0.25, -0.2) is 4.79 Å². The van der Waals surface area contributed by atoms with Crippen molar-refractivity contribution in [3.63, 3.8) is 0 Å². The van der Waals surface area contributed by atoms with E-state index in [1.807, 2.05) is 0 Å². The van der Waals surface area contributed by atoms with Crippen LogP contribution in [0.25, 0.3) is 0 Å². The van der Waals surface area contributed by atoms with Gasteiger partial charge in [-0.15, -0.1) is 0 Å². The Balaban J connectivity index is 2.71. The molecule has 0 heterocycles. The highest BCUT2D eigenvalue weighted by Crippen LogP contribution is 2.26. The van der Waals surface area contributed by atoms with Gasteiger partial charge in [0, 0.05) is 0 Å². The number of rotatable bonds is 5. The molecule has 0 bridgehead atoms. The van der Waals surface area contributed by atoms with Gasteiger partial charge in [-0.05, 0) is 26.3 Å². The fourth-order valence-corrected chi connectivity index (χ4v) is 0.726. The standard InChI is InChI=1S/C8H10N2O3/c1-9-8(5-11,10-2)7(12)13-6-3-4-6/h5-6H,1-4H2. The Bertz CT molecular complexity index is 236. The molecular weight excluding hydrogens is 172 g/mol. The molecule has 5 heteroatoms. The number of carbonyl (C=O) groups excluding carboxylic acids is 2. The van der Waals surface area contributed by atoms with Gasteiger partial charge < -0.3 is 4.74 Å². The molecule has 1 saturated carbocycles. The second-order valence-electron chi connectivity index (χ2n) is 2.76. The monoisotopic (exact) mass is 182 g/mol. The molecular formula is C8H10N2O3. The largest absolute Gasteiger partial charge is 0.459 e. The number of ether oxygens (including phenoxy) is 1. The number of esters is 1. The first kappa shape index (κ1) is 9.57. The molecule has 0 aliphatic heterocycles. The van der Waals surface area contributed by atoms with Gasteiger partial charge in [0.15, 0.2) is 6.29 Å². The average molecular weight is 182 g/mol. The quantitative estimate of drug-likeness (QED) is 0.260. The van der Waals surface area contributed by atoms with Crippen LogP contribution in [0.1, 0.15) is 12.8 Å². The van der Waals surface area contributed by atoms with E-state index in [-0.39, 0.29) is 12.4 Å². The van der Waals surface area contributed by atoms with Crippen LogP contribution in [0.3, 0.4) is 0 Å². The third-order valence-electron chi connectivity index (χ3n) is 1.74. The van der Waals surface area contributed by atoms with Crippen LogP contribution in [-0.4, -0.2) is 37.5 Å². The van der Waals surface area contributed by atoms with Crippen LogP contribution in [-0.2, 0) is 14.3 Å². The van der Waals surface area contributed by atoms with Crippen LogP contribution in [0.15, 0.2) is 9.98 Å². The molecule has 1 aliphatic carbocycles. The molecule has 0 radical (unpaired) electrons. The summed E-state index contributed by atoms with van der Waals surface area (Å²) in [6, 6.07) is 0. The van der Waals surface area contributed by atoms with Crippen molar-refractivity contribution in [2.45, 2.75) is 24.6 Å². The minimum Gasteiger partial charge on any atom is -0.459 e. The van der Waals surface area contributed by atoms with Gasteiger partial charge in [-0.2, -0.15) is 0 Å². The summed E-state index contributed by atoms with van der Waals surface area (Å²) in [7, 11) is 0. The zero-order valence-electron chi connectivity index (χ0n) is 7.10. The summed E-state index contributed by atoms with van der Waals surface area (Å²) in [4.78, 5) is 28.5. The lowest BCUT2D eigenvalue weighted by Crippen LogP contribution is -2.38. The lowest BCUT2D eigenvalue weighted by atomic mass is 10.2. The average Bonchev–Trinajstić information content (AvgIpc) is 2.92. The van der Waals surface area contributed by atoms with Crippen molar-refractivity contribution in [2.24, 2.45) is 9.98 Å². The molecule has 0 aromatic heterocycles. The zero-order valence-corrected chi connectivity index (χ0v) is 7.10. The Kier molecular flexibility index (Phi) is 2.55. The summed E-state index contributed by atoms with van der Waals surface area (Å²) >= 11 is 0. The maximum atomic E-state index is 11.3. The molecule has 0 saturated heterocycles. The Labute approximate surface area is 75.5 Å². The first-order valence-electron chi connectivity index (χ1n) is 3.81. The smallest absolute Gasteiger partial charge is 0.364 e. The zero-order chi connectivity index (χ0) is 9.90. The molecule has 0 aromatic rings. The maximum absolute atomic E-state index is 11.3. The minimum absolute atomic E-state index is 0.0877. The molecule has 1 fully saturated rings. The van der Waals surface area contributed by atoms with Crippen LogP contribution in [0.2, 0.25) is 0 Å². The van der Waals surface area contributed by atoms with Gasteiger partial charge in [0.2, 0.25) is 0 Å². The molecule has 1 rings (SSSR count). The molecule has 5 nitrogen and oxygen atoms in total. The van der Waals surface area contributed by atoms with Crippen LogP contribution in [0.5, 0.6) is 0 Å². The number of hydrogen-bond donors (Lipinski definition) is 0. The lowest BCUT2D eigenvalue weighted by molar-refractivity contribution is -0.152. The van der Waals surface area contributed by atoms with E-state index in [1.54, 1.807) is 0 Å². The normalized spacial score (nSPS) is 16.0. The third-order valence-corrected chi connectivity index (χ3v) is 1.74. The van der Waals surface area contributed by atoms with Crippen molar-refractivity contribution in [3.8, 4) is 0 Å². The molecule has 13 heavy (non-hydrogen) atoms. The van der Waals surface area contributed by atoms with Crippen molar-refractivity contribution in [2.75, 3.05) is 0 Å². The highest BCUT2D eigenvalue weighted by Gasteiger charge is 2.41. The van der Waals surface area contributed by atoms with Gasteiger partial charge in [0.1, 0.15) is 6.10 Å². The highest BCUT2D eigenvalue weighted by atomic mass is 16.6. The van der Waals surface area contributed by atoms with E-state index in [4.69, 9.17) is 4.74 Å². The summed E-state index contributed by atoms with van der Waals surface area (Å²) in [5.41, 5.74) is -1.86. The van der Waals surface area contributed by atoms with Crippen LogP contribution < -0.4 is 0 Å². The number of carbonyl (C=O) groups is 2. The van der Waals surface area contributed by atoms with Gasteiger partial charge in [0.25, 0.3) is 0 Å². The van der Waals surface area contributed by atoms with E-state index in [1.165, 1.54) is 0 Å².